The van der Waals surface area contributed by atoms with Crippen molar-refractivity contribution in [2.45, 2.75) is 13.8 Å². The Morgan fingerprint density at radius 1 is 1.24 bits per heavy atom. The first-order chi connectivity index (χ1) is 12.0. The van der Waals surface area contributed by atoms with Gasteiger partial charge >= 0.3 is 5.97 Å². The topological polar surface area (TPSA) is 94.8 Å². The third-order valence-corrected chi connectivity index (χ3v) is 3.38. The molecule has 134 valence electrons. The first-order valence-electron chi connectivity index (χ1n) is 7.89. The lowest BCUT2D eigenvalue weighted by Gasteiger charge is -2.21. The van der Waals surface area contributed by atoms with Crippen LogP contribution in [0, 0.1) is 6.92 Å². The highest BCUT2D eigenvalue weighted by molar-refractivity contribution is 5.96. The van der Waals surface area contributed by atoms with E-state index < -0.39 is 5.97 Å². The van der Waals surface area contributed by atoms with Crippen molar-refractivity contribution < 1.29 is 23.6 Å². The Morgan fingerprint density at radius 3 is 2.52 bits per heavy atom. The summed E-state index contributed by atoms with van der Waals surface area (Å²) < 4.78 is 15.0. The minimum atomic E-state index is -0.454. The molecular formula is C17H21N3O5. The smallest absolute Gasteiger partial charge is 0.325 e. The van der Waals surface area contributed by atoms with Crippen LogP contribution in [0.25, 0.3) is 11.5 Å². The first kappa shape index (κ1) is 18.6. The Balaban J connectivity index is 2.12. The summed E-state index contributed by atoms with van der Waals surface area (Å²) in [6.45, 7) is 4.21. The third-order valence-electron chi connectivity index (χ3n) is 3.38. The van der Waals surface area contributed by atoms with Gasteiger partial charge in [0, 0.05) is 24.8 Å². The van der Waals surface area contributed by atoms with Gasteiger partial charge in [-0.3, -0.25) is 9.59 Å². The minimum Gasteiger partial charge on any atom is -0.465 e. The van der Waals surface area contributed by atoms with Crippen LogP contribution >= 0.6 is 0 Å². The van der Waals surface area contributed by atoms with E-state index in [0.717, 1.165) is 0 Å². The number of esters is 1. The molecule has 25 heavy (non-hydrogen) atoms. The molecule has 0 bridgehead atoms. The van der Waals surface area contributed by atoms with Crippen molar-refractivity contribution >= 4 is 11.9 Å². The van der Waals surface area contributed by atoms with E-state index in [1.54, 1.807) is 38.1 Å². The molecule has 0 unspecified atom stereocenters. The largest absolute Gasteiger partial charge is 0.465 e. The highest BCUT2D eigenvalue weighted by Gasteiger charge is 2.19. The lowest BCUT2D eigenvalue weighted by atomic mass is 10.1. The van der Waals surface area contributed by atoms with Gasteiger partial charge in [0.15, 0.2) is 5.82 Å². The van der Waals surface area contributed by atoms with Crippen LogP contribution in [0.4, 0.5) is 0 Å². The van der Waals surface area contributed by atoms with Crippen LogP contribution in [0.2, 0.25) is 0 Å². The molecule has 0 radical (unpaired) electrons. The molecule has 8 heteroatoms. The second kappa shape index (κ2) is 8.93. The number of carbonyl (C=O) groups is 2. The van der Waals surface area contributed by atoms with Crippen LogP contribution in [-0.4, -0.2) is 60.3 Å². The number of methoxy groups -OCH3 is 1. The average molecular weight is 347 g/mol. The van der Waals surface area contributed by atoms with Gasteiger partial charge in [0.1, 0.15) is 6.54 Å². The Hall–Kier alpha value is -2.74. The molecule has 0 aliphatic heterocycles. The summed E-state index contributed by atoms with van der Waals surface area (Å²) >= 11 is 0. The molecule has 0 atom stereocenters. The number of rotatable bonds is 8. The molecule has 1 aromatic carbocycles. The SMILES string of the molecule is CCOC(=O)CN(CCOC)C(=O)c1ccc(-c2nc(C)no2)cc1. The maximum Gasteiger partial charge on any atom is 0.325 e. The lowest BCUT2D eigenvalue weighted by Crippen LogP contribution is -2.38. The summed E-state index contributed by atoms with van der Waals surface area (Å²) in [6, 6.07) is 6.75. The molecule has 1 heterocycles. The number of nitrogens with zero attached hydrogens (tertiary/aromatic N) is 3. The Morgan fingerprint density at radius 2 is 1.96 bits per heavy atom. The number of ether oxygens (including phenoxy) is 2. The van der Waals surface area contributed by atoms with Crippen molar-refractivity contribution in [2.24, 2.45) is 0 Å². The van der Waals surface area contributed by atoms with Crippen molar-refractivity contribution in [3.05, 3.63) is 35.7 Å². The van der Waals surface area contributed by atoms with Gasteiger partial charge in [-0.2, -0.15) is 4.98 Å². The van der Waals surface area contributed by atoms with Crippen LogP contribution in [0.15, 0.2) is 28.8 Å². The van der Waals surface area contributed by atoms with Gasteiger partial charge in [0.2, 0.25) is 0 Å². The average Bonchev–Trinajstić information content (AvgIpc) is 3.05. The quantitative estimate of drug-likeness (QED) is 0.671. The molecule has 1 aromatic heterocycles. The van der Waals surface area contributed by atoms with Gasteiger partial charge in [-0.25, -0.2) is 0 Å². The molecule has 0 aliphatic carbocycles. The van der Waals surface area contributed by atoms with Crippen molar-refractivity contribution in [1.29, 1.82) is 0 Å². The van der Waals surface area contributed by atoms with Gasteiger partial charge in [-0.15, -0.1) is 0 Å². The molecule has 0 fully saturated rings. The number of benzene rings is 1. The molecule has 0 saturated heterocycles. The predicted octanol–water partition coefficient (Wildman–Crippen LogP) is 1.70. The number of hydrogen-bond acceptors (Lipinski definition) is 7. The number of carbonyl (C=O) groups excluding carboxylic acids is 2. The predicted molar refractivity (Wildman–Crippen MR) is 88.9 cm³/mol. The summed E-state index contributed by atoms with van der Waals surface area (Å²) in [5, 5.41) is 3.74. The lowest BCUT2D eigenvalue weighted by molar-refractivity contribution is -0.143. The zero-order valence-electron chi connectivity index (χ0n) is 14.5. The number of aromatic nitrogens is 2. The highest BCUT2D eigenvalue weighted by Crippen LogP contribution is 2.18. The van der Waals surface area contributed by atoms with Crippen LogP contribution in [0.3, 0.4) is 0 Å². The van der Waals surface area contributed by atoms with Gasteiger partial charge < -0.3 is 18.9 Å². The molecule has 1 amide bonds. The fourth-order valence-electron chi connectivity index (χ4n) is 2.17. The second-order valence-corrected chi connectivity index (χ2v) is 5.25. The van der Waals surface area contributed by atoms with Crippen molar-refractivity contribution in [3.8, 4) is 11.5 Å². The van der Waals surface area contributed by atoms with E-state index in [4.69, 9.17) is 14.0 Å². The molecule has 8 nitrogen and oxygen atoms in total. The van der Waals surface area contributed by atoms with Crippen LogP contribution in [-0.2, 0) is 14.3 Å². The van der Waals surface area contributed by atoms with E-state index in [-0.39, 0.29) is 19.1 Å². The molecule has 0 saturated carbocycles. The fraction of sp³-hybridized carbons (Fsp3) is 0.412. The van der Waals surface area contributed by atoms with E-state index >= 15 is 0 Å². The Bertz CT molecular complexity index is 711. The first-order valence-corrected chi connectivity index (χ1v) is 7.89. The summed E-state index contributed by atoms with van der Waals surface area (Å²) in [7, 11) is 1.54. The fourth-order valence-corrected chi connectivity index (χ4v) is 2.17. The Kier molecular flexibility index (Phi) is 6.64. The zero-order chi connectivity index (χ0) is 18.2. The van der Waals surface area contributed by atoms with Crippen molar-refractivity contribution in [1.82, 2.24) is 15.0 Å². The number of hydrogen-bond donors (Lipinski definition) is 0. The van der Waals surface area contributed by atoms with E-state index in [2.05, 4.69) is 10.1 Å². The summed E-state index contributed by atoms with van der Waals surface area (Å²) in [5.41, 5.74) is 1.16. The van der Waals surface area contributed by atoms with Crippen molar-refractivity contribution in [3.63, 3.8) is 0 Å². The van der Waals surface area contributed by atoms with E-state index in [1.807, 2.05) is 0 Å². The van der Waals surface area contributed by atoms with Gasteiger partial charge in [0.05, 0.1) is 13.2 Å². The van der Waals surface area contributed by atoms with Gasteiger partial charge in [-0.05, 0) is 38.1 Å². The molecule has 0 N–H and O–H groups in total. The molecule has 2 aromatic rings. The third kappa shape index (κ3) is 5.12. The maximum absolute atomic E-state index is 12.7. The van der Waals surface area contributed by atoms with Gasteiger partial charge in [0.25, 0.3) is 11.8 Å². The summed E-state index contributed by atoms with van der Waals surface area (Å²) in [5.74, 6) is 0.192. The number of amides is 1. The normalized spacial score (nSPS) is 10.5. The maximum atomic E-state index is 12.7. The van der Waals surface area contributed by atoms with Crippen LogP contribution < -0.4 is 0 Å². The summed E-state index contributed by atoms with van der Waals surface area (Å²) in [6.07, 6.45) is 0. The molecular weight excluding hydrogens is 326 g/mol. The minimum absolute atomic E-state index is 0.124. The zero-order valence-corrected chi connectivity index (χ0v) is 14.5. The standard InChI is InChI=1S/C17H21N3O5/c1-4-24-15(21)11-20(9-10-23-3)17(22)14-7-5-13(6-8-14)16-18-12(2)19-25-16/h5-8H,4,9-11H2,1-3H3. The van der Waals surface area contributed by atoms with E-state index in [1.165, 1.54) is 12.0 Å². The summed E-state index contributed by atoms with van der Waals surface area (Å²) in [4.78, 5) is 29.9. The van der Waals surface area contributed by atoms with E-state index in [9.17, 15) is 9.59 Å². The Labute approximate surface area is 145 Å². The van der Waals surface area contributed by atoms with Crippen LogP contribution in [0.5, 0.6) is 0 Å². The highest BCUT2D eigenvalue weighted by atomic mass is 16.5. The molecule has 2 rings (SSSR count). The molecule has 0 spiro atoms. The van der Waals surface area contributed by atoms with E-state index in [0.29, 0.717) is 36.0 Å². The van der Waals surface area contributed by atoms with Gasteiger partial charge in [-0.1, -0.05) is 5.16 Å². The second-order valence-electron chi connectivity index (χ2n) is 5.25. The van der Waals surface area contributed by atoms with Crippen LogP contribution in [0.1, 0.15) is 23.1 Å². The van der Waals surface area contributed by atoms with Crippen molar-refractivity contribution in [2.75, 3.05) is 33.4 Å². The molecule has 0 aliphatic rings. The monoisotopic (exact) mass is 347 g/mol. The number of aryl methyl sites for hydroxylation is 1.